The third kappa shape index (κ3) is 3.76. The van der Waals surface area contributed by atoms with Gasteiger partial charge in [0.15, 0.2) is 0 Å². The molecule has 0 bridgehead atoms. The topological polar surface area (TPSA) is 60.9 Å². The van der Waals surface area contributed by atoms with Crippen LogP contribution >= 0.6 is 0 Å². The van der Waals surface area contributed by atoms with E-state index in [2.05, 4.69) is 46.7 Å². The smallest absolute Gasteiger partial charge is 0.0695 e. The molecule has 3 N–H and O–H groups in total. The number of aryl methyl sites for hydroxylation is 1. The van der Waals surface area contributed by atoms with Crippen molar-refractivity contribution in [3.8, 4) is 11.3 Å². The van der Waals surface area contributed by atoms with E-state index in [1.165, 1.54) is 23.1 Å². The van der Waals surface area contributed by atoms with E-state index in [1.54, 1.807) is 0 Å². The lowest BCUT2D eigenvalue weighted by Gasteiger charge is -2.26. The molecule has 1 aliphatic rings. The van der Waals surface area contributed by atoms with Crippen molar-refractivity contribution in [2.75, 3.05) is 6.54 Å². The van der Waals surface area contributed by atoms with E-state index < -0.39 is 0 Å². The number of hydrogen-bond acceptors (Lipinski definition) is 3. The molecule has 4 heteroatoms. The van der Waals surface area contributed by atoms with Gasteiger partial charge in [0.1, 0.15) is 0 Å². The normalized spacial score (nSPS) is 21.9. The van der Waals surface area contributed by atoms with Gasteiger partial charge in [0.25, 0.3) is 0 Å². The summed E-state index contributed by atoms with van der Waals surface area (Å²) in [6.45, 7) is 3.87. The summed E-state index contributed by atoms with van der Waals surface area (Å²) in [5.41, 5.74) is 4.73. The SMILES string of the molecule is Cc1ccc(-c2[nH]ncc2CNCC2CCCC(O)C2)cc1. The van der Waals surface area contributed by atoms with Crippen LogP contribution in [0, 0.1) is 12.8 Å². The minimum absolute atomic E-state index is 0.0994. The number of benzene rings is 1. The van der Waals surface area contributed by atoms with E-state index in [0.717, 1.165) is 38.0 Å². The summed E-state index contributed by atoms with van der Waals surface area (Å²) in [5, 5.41) is 20.6. The molecule has 22 heavy (non-hydrogen) atoms. The third-order valence-corrected chi connectivity index (χ3v) is 4.56. The largest absolute Gasteiger partial charge is 0.393 e. The highest BCUT2D eigenvalue weighted by Gasteiger charge is 2.19. The van der Waals surface area contributed by atoms with Crippen molar-refractivity contribution in [1.82, 2.24) is 15.5 Å². The highest BCUT2D eigenvalue weighted by Crippen LogP contribution is 2.24. The van der Waals surface area contributed by atoms with Crippen LogP contribution in [0.1, 0.15) is 36.8 Å². The molecule has 0 radical (unpaired) electrons. The molecule has 1 aromatic heterocycles. The van der Waals surface area contributed by atoms with Gasteiger partial charge in [0.2, 0.25) is 0 Å². The van der Waals surface area contributed by atoms with E-state index >= 15 is 0 Å². The van der Waals surface area contributed by atoms with Gasteiger partial charge in [-0.1, -0.05) is 36.2 Å². The first kappa shape index (κ1) is 15.3. The number of hydrogen-bond donors (Lipinski definition) is 3. The van der Waals surface area contributed by atoms with Gasteiger partial charge < -0.3 is 10.4 Å². The fourth-order valence-corrected chi connectivity index (χ4v) is 3.27. The lowest BCUT2D eigenvalue weighted by molar-refractivity contribution is 0.101. The Morgan fingerprint density at radius 2 is 2.09 bits per heavy atom. The van der Waals surface area contributed by atoms with Crippen molar-refractivity contribution in [2.45, 2.75) is 45.3 Å². The van der Waals surface area contributed by atoms with Crippen LogP contribution in [-0.2, 0) is 6.54 Å². The molecule has 1 fully saturated rings. The second-order valence-electron chi connectivity index (χ2n) is 6.45. The van der Waals surface area contributed by atoms with Crippen LogP contribution in [0.2, 0.25) is 0 Å². The lowest BCUT2D eigenvalue weighted by Crippen LogP contribution is -2.28. The fourth-order valence-electron chi connectivity index (χ4n) is 3.27. The Morgan fingerprint density at radius 1 is 1.27 bits per heavy atom. The average molecular weight is 299 g/mol. The first-order valence-electron chi connectivity index (χ1n) is 8.20. The first-order chi connectivity index (χ1) is 10.7. The highest BCUT2D eigenvalue weighted by molar-refractivity contribution is 5.62. The van der Waals surface area contributed by atoms with Crippen molar-refractivity contribution in [1.29, 1.82) is 0 Å². The Balaban J connectivity index is 1.57. The first-order valence-corrected chi connectivity index (χ1v) is 8.20. The van der Waals surface area contributed by atoms with Gasteiger partial charge >= 0.3 is 0 Å². The van der Waals surface area contributed by atoms with Crippen molar-refractivity contribution in [2.24, 2.45) is 5.92 Å². The van der Waals surface area contributed by atoms with Crippen molar-refractivity contribution >= 4 is 0 Å². The van der Waals surface area contributed by atoms with Crippen molar-refractivity contribution < 1.29 is 5.11 Å². The fraction of sp³-hybridized carbons (Fsp3) is 0.500. The van der Waals surface area contributed by atoms with Crippen molar-refractivity contribution in [3.05, 3.63) is 41.6 Å². The van der Waals surface area contributed by atoms with Crippen LogP contribution in [0.3, 0.4) is 0 Å². The molecule has 1 aliphatic carbocycles. The zero-order chi connectivity index (χ0) is 15.4. The number of rotatable bonds is 5. The number of nitrogens with zero attached hydrogens (tertiary/aromatic N) is 1. The van der Waals surface area contributed by atoms with Gasteiger partial charge in [-0.3, -0.25) is 5.10 Å². The van der Waals surface area contributed by atoms with Gasteiger partial charge in [-0.15, -0.1) is 0 Å². The minimum atomic E-state index is -0.0994. The monoisotopic (exact) mass is 299 g/mol. The third-order valence-electron chi connectivity index (χ3n) is 4.56. The van der Waals surface area contributed by atoms with Gasteiger partial charge in [-0.05, 0) is 44.2 Å². The minimum Gasteiger partial charge on any atom is -0.393 e. The number of H-pyrrole nitrogens is 1. The second-order valence-corrected chi connectivity index (χ2v) is 6.45. The van der Waals surface area contributed by atoms with E-state index in [4.69, 9.17) is 0 Å². The molecule has 0 saturated heterocycles. The number of aliphatic hydroxyl groups is 1. The van der Waals surface area contributed by atoms with Crippen LogP contribution in [0.25, 0.3) is 11.3 Å². The predicted molar refractivity (Wildman–Crippen MR) is 88.4 cm³/mol. The molecule has 118 valence electrons. The maximum absolute atomic E-state index is 9.74. The Labute approximate surface area is 132 Å². The Hall–Kier alpha value is -1.65. The van der Waals surface area contributed by atoms with Crippen LogP contribution in [0.5, 0.6) is 0 Å². The number of aliphatic hydroxyl groups excluding tert-OH is 1. The second kappa shape index (κ2) is 7.07. The maximum atomic E-state index is 9.74. The molecular formula is C18H25N3O. The van der Waals surface area contributed by atoms with Gasteiger partial charge in [-0.25, -0.2) is 0 Å². The average Bonchev–Trinajstić information content (AvgIpc) is 2.97. The lowest BCUT2D eigenvalue weighted by atomic mass is 9.87. The Morgan fingerprint density at radius 3 is 2.86 bits per heavy atom. The molecule has 1 aromatic carbocycles. The molecule has 4 nitrogen and oxygen atoms in total. The molecule has 0 aliphatic heterocycles. The molecule has 0 amide bonds. The summed E-state index contributed by atoms with van der Waals surface area (Å²) >= 11 is 0. The molecule has 0 spiro atoms. The van der Waals surface area contributed by atoms with Crippen molar-refractivity contribution in [3.63, 3.8) is 0 Å². The zero-order valence-electron chi connectivity index (χ0n) is 13.2. The number of aromatic nitrogens is 2. The van der Waals surface area contributed by atoms with Gasteiger partial charge in [-0.2, -0.15) is 5.10 Å². The summed E-state index contributed by atoms with van der Waals surface area (Å²) in [7, 11) is 0. The van der Waals surface area contributed by atoms with Gasteiger partial charge in [0.05, 0.1) is 18.0 Å². The predicted octanol–water partition coefficient (Wildman–Crippen LogP) is 3.03. The van der Waals surface area contributed by atoms with Crippen LogP contribution in [0.15, 0.2) is 30.5 Å². The van der Waals surface area contributed by atoms with Gasteiger partial charge in [0, 0.05) is 12.1 Å². The molecule has 2 atom stereocenters. The maximum Gasteiger partial charge on any atom is 0.0695 e. The number of nitrogens with one attached hydrogen (secondary N) is 2. The zero-order valence-corrected chi connectivity index (χ0v) is 13.2. The van der Waals surface area contributed by atoms with E-state index in [1.807, 2.05) is 6.20 Å². The summed E-state index contributed by atoms with van der Waals surface area (Å²) in [5.74, 6) is 0.596. The Kier molecular flexibility index (Phi) is 4.90. The van der Waals surface area contributed by atoms with E-state index in [0.29, 0.717) is 5.92 Å². The molecule has 1 saturated carbocycles. The molecule has 2 aromatic rings. The number of aromatic amines is 1. The Bertz CT molecular complexity index is 591. The standard InChI is InChI=1S/C18H25N3O/c1-13-5-7-15(8-6-13)18-16(12-20-21-18)11-19-10-14-3-2-4-17(22)9-14/h5-8,12,14,17,19,22H,2-4,9-11H2,1H3,(H,20,21). The van der Waals surface area contributed by atoms with E-state index in [-0.39, 0.29) is 6.10 Å². The van der Waals surface area contributed by atoms with Crippen LogP contribution in [0.4, 0.5) is 0 Å². The summed E-state index contributed by atoms with van der Waals surface area (Å²) in [6.07, 6.45) is 6.07. The molecular weight excluding hydrogens is 274 g/mol. The van der Waals surface area contributed by atoms with Crippen LogP contribution < -0.4 is 5.32 Å². The van der Waals surface area contributed by atoms with Crippen LogP contribution in [-0.4, -0.2) is 28.0 Å². The molecule has 1 heterocycles. The quantitative estimate of drug-likeness (QED) is 0.795. The summed E-state index contributed by atoms with van der Waals surface area (Å²) in [4.78, 5) is 0. The summed E-state index contributed by atoms with van der Waals surface area (Å²) < 4.78 is 0. The summed E-state index contributed by atoms with van der Waals surface area (Å²) in [6, 6.07) is 8.50. The molecule has 3 rings (SSSR count). The molecule has 2 unspecified atom stereocenters. The van der Waals surface area contributed by atoms with E-state index in [9.17, 15) is 5.11 Å². The highest BCUT2D eigenvalue weighted by atomic mass is 16.3.